The molecule has 2 fully saturated rings. The molecule has 11 heteroatoms. The molecule has 31 heavy (non-hydrogen) atoms. The molecule has 10 nitrogen and oxygen atoms in total. The average molecular weight is 448 g/mol. The summed E-state index contributed by atoms with van der Waals surface area (Å²) >= 11 is 1.75. The normalized spacial score (nSPS) is 17.6. The van der Waals surface area contributed by atoms with Crippen molar-refractivity contribution in [3.63, 3.8) is 0 Å². The molecule has 7 N–H and O–H groups in total. The van der Waals surface area contributed by atoms with E-state index in [2.05, 4.69) is 25.6 Å². The fourth-order valence-electron chi connectivity index (χ4n) is 2.88. The first-order chi connectivity index (χ1) is 15.0. The predicted molar refractivity (Wildman–Crippen MR) is 127 cm³/mol. The first kappa shape index (κ1) is 24.6. The molecule has 1 aliphatic carbocycles. The molecule has 0 amide bonds. The van der Waals surface area contributed by atoms with Crippen molar-refractivity contribution in [3.8, 4) is 6.07 Å². The first-order valence-electron chi connectivity index (χ1n) is 10.2. The molecular weight excluding hydrogens is 414 g/mol. The number of nitrogens with one attached hydrogen (secondary N) is 3. The van der Waals surface area contributed by atoms with E-state index < -0.39 is 0 Å². The quantitative estimate of drug-likeness (QED) is 0.316. The highest BCUT2D eigenvalue weighted by Gasteiger charge is 2.22. The van der Waals surface area contributed by atoms with Gasteiger partial charge in [0.05, 0.1) is 30.3 Å². The summed E-state index contributed by atoms with van der Waals surface area (Å²) in [4.78, 5) is 12.1. The molecule has 2 aliphatic rings. The predicted octanol–water partition coefficient (Wildman–Crippen LogP) is 2.42. The summed E-state index contributed by atoms with van der Waals surface area (Å²) in [5.74, 6) is 8.40. The van der Waals surface area contributed by atoms with Crippen LogP contribution in [0.4, 0.5) is 11.8 Å². The van der Waals surface area contributed by atoms with Crippen molar-refractivity contribution in [2.45, 2.75) is 32.2 Å². The van der Waals surface area contributed by atoms with Crippen LogP contribution in [0, 0.1) is 17.2 Å². The summed E-state index contributed by atoms with van der Waals surface area (Å²) in [7, 11) is 0. The fraction of sp³-hybridized carbons (Fsp3) is 0.550. The second kappa shape index (κ2) is 12.9. The van der Waals surface area contributed by atoms with E-state index in [9.17, 15) is 0 Å². The van der Waals surface area contributed by atoms with Crippen LogP contribution >= 0.6 is 11.8 Å². The Morgan fingerprint density at radius 1 is 1.42 bits per heavy atom. The zero-order valence-electron chi connectivity index (χ0n) is 18.4. The largest absolute Gasteiger partial charge is 0.384 e. The van der Waals surface area contributed by atoms with Gasteiger partial charge in [0, 0.05) is 26.3 Å². The lowest BCUT2D eigenvalue weighted by Crippen LogP contribution is -2.38. The van der Waals surface area contributed by atoms with Crippen molar-refractivity contribution in [3.05, 3.63) is 24.3 Å². The minimum absolute atomic E-state index is 0.142. The molecule has 1 saturated carbocycles. The van der Waals surface area contributed by atoms with E-state index in [1.165, 1.54) is 19.8 Å². The minimum atomic E-state index is 0.142. The van der Waals surface area contributed by atoms with Gasteiger partial charge in [-0.3, -0.25) is 0 Å². The standard InChI is InChI=1S/C16H24N8O.C2H3N.C2H6S/c17-13(8-24(18)11-4-6-25-9-11)21-16-22-14-12(3-5-19-14)15(23-16)20-7-10-1-2-10;1-2-3;1-3-2/h3,5,8,10-11H,1-2,4,6-7,9,17-18H2,(H3,19,20,21,22,23);1H3;1-2H3/b13-8+;;. The van der Waals surface area contributed by atoms with Crippen molar-refractivity contribution >= 4 is 34.6 Å². The zero-order chi connectivity index (χ0) is 22.6. The molecule has 0 aromatic carbocycles. The van der Waals surface area contributed by atoms with E-state index in [-0.39, 0.29) is 6.04 Å². The number of ether oxygens (including phenoxy) is 1. The lowest BCUT2D eigenvalue weighted by molar-refractivity contribution is 0.168. The summed E-state index contributed by atoms with van der Waals surface area (Å²) in [5.41, 5.74) is 6.81. The molecule has 0 radical (unpaired) electrons. The van der Waals surface area contributed by atoms with Crippen LogP contribution in [0.3, 0.4) is 0 Å². The summed E-state index contributed by atoms with van der Waals surface area (Å²) in [6.45, 7) is 3.70. The molecule has 3 heterocycles. The Morgan fingerprint density at radius 2 is 2.13 bits per heavy atom. The SMILES string of the molecule is CC#N.CSC.N/C(=C\N(N)C1CCOC1)Nc1nc(NCC2CC2)c2cc[nH]c2n1. The molecule has 4 rings (SSSR count). The third-order valence-electron chi connectivity index (χ3n) is 4.54. The summed E-state index contributed by atoms with van der Waals surface area (Å²) in [6, 6.07) is 3.86. The smallest absolute Gasteiger partial charge is 0.232 e. The highest BCUT2D eigenvalue weighted by Crippen LogP contribution is 2.30. The van der Waals surface area contributed by atoms with Crippen LogP contribution in [0.25, 0.3) is 11.0 Å². The number of nitrogens with zero attached hydrogens (tertiary/aromatic N) is 4. The second-order valence-electron chi connectivity index (χ2n) is 7.27. The van der Waals surface area contributed by atoms with Gasteiger partial charge >= 0.3 is 0 Å². The Labute approximate surface area is 187 Å². The van der Waals surface area contributed by atoms with Gasteiger partial charge in [-0.2, -0.15) is 27.0 Å². The lowest BCUT2D eigenvalue weighted by atomic mass is 10.2. The third kappa shape index (κ3) is 8.16. The molecule has 170 valence electrons. The van der Waals surface area contributed by atoms with Gasteiger partial charge in [-0.15, -0.1) is 0 Å². The number of hydrazine groups is 1. The number of thioether (sulfide) groups is 1. The first-order valence-corrected chi connectivity index (χ1v) is 11.8. The number of aromatic amines is 1. The van der Waals surface area contributed by atoms with Gasteiger partial charge in [-0.25, -0.2) is 5.84 Å². The Kier molecular flexibility index (Phi) is 10.2. The van der Waals surface area contributed by atoms with E-state index in [4.69, 9.17) is 21.6 Å². The number of nitriles is 1. The van der Waals surface area contributed by atoms with Crippen molar-refractivity contribution < 1.29 is 4.74 Å². The number of fused-ring (bicyclic) bond motifs is 1. The molecule has 2 aromatic rings. The number of hydrogen-bond acceptors (Lipinski definition) is 10. The lowest BCUT2D eigenvalue weighted by Gasteiger charge is -2.21. The molecule has 1 unspecified atom stereocenters. The maximum Gasteiger partial charge on any atom is 0.232 e. The van der Waals surface area contributed by atoms with Gasteiger partial charge in [-0.05, 0) is 43.8 Å². The molecular formula is C20H33N9OS. The maximum atomic E-state index is 7.32. The molecule has 0 spiro atoms. The van der Waals surface area contributed by atoms with Crippen LogP contribution < -0.4 is 22.2 Å². The molecule has 2 aromatic heterocycles. The topological polar surface area (TPSA) is 154 Å². The third-order valence-corrected chi connectivity index (χ3v) is 4.54. The van der Waals surface area contributed by atoms with Crippen LogP contribution in [0.5, 0.6) is 0 Å². The summed E-state index contributed by atoms with van der Waals surface area (Å²) < 4.78 is 5.34. The van der Waals surface area contributed by atoms with Crippen LogP contribution in [-0.4, -0.2) is 58.3 Å². The van der Waals surface area contributed by atoms with Crippen LogP contribution in [0.2, 0.25) is 0 Å². The van der Waals surface area contributed by atoms with Crippen LogP contribution in [0.15, 0.2) is 24.3 Å². The van der Waals surface area contributed by atoms with Crippen molar-refractivity contribution in [2.75, 3.05) is 42.9 Å². The number of H-pyrrole nitrogens is 1. The van der Waals surface area contributed by atoms with Gasteiger partial charge in [0.25, 0.3) is 0 Å². The molecule has 0 bridgehead atoms. The molecule has 1 saturated heterocycles. The second-order valence-corrected chi connectivity index (χ2v) is 8.08. The Hall–Kier alpha value is -2.68. The summed E-state index contributed by atoms with van der Waals surface area (Å²) in [6.07, 6.45) is 11.0. The Balaban J connectivity index is 0.000000513. The van der Waals surface area contributed by atoms with Gasteiger partial charge in [-0.1, -0.05) is 0 Å². The van der Waals surface area contributed by atoms with E-state index in [0.29, 0.717) is 18.4 Å². The van der Waals surface area contributed by atoms with Gasteiger partial charge < -0.3 is 31.1 Å². The molecule has 1 atom stereocenters. The van der Waals surface area contributed by atoms with E-state index >= 15 is 0 Å². The number of hydrogen-bond donors (Lipinski definition) is 5. The number of anilines is 2. The maximum absolute atomic E-state index is 7.32. The van der Waals surface area contributed by atoms with Gasteiger partial charge in [0.1, 0.15) is 17.3 Å². The zero-order valence-corrected chi connectivity index (χ0v) is 19.2. The number of rotatable bonds is 7. The van der Waals surface area contributed by atoms with Crippen molar-refractivity contribution in [1.82, 2.24) is 20.0 Å². The van der Waals surface area contributed by atoms with E-state index in [1.54, 1.807) is 29.0 Å². The minimum Gasteiger partial charge on any atom is -0.384 e. The van der Waals surface area contributed by atoms with Crippen LogP contribution in [-0.2, 0) is 4.74 Å². The van der Waals surface area contributed by atoms with Crippen molar-refractivity contribution in [2.24, 2.45) is 17.5 Å². The monoisotopic (exact) mass is 447 g/mol. The number of aromatic nitrogens is 3. The molecule has 1 aliphatic heterocycles. The van der Waals surface area contributed by atoms with Gasteiger partial charge in [0.15, 0.2) is 0 Å². The Bertz CT molecular complexity index is 869. The highest BCUT2D eigenvalue weighted by molar-refractivity contribution is 7.97. The van der Waals surface area contributed by atoms with Crippen LogP contribution in [0.1, 0.15) is 26.2 Å². The highest BCUT2D eigenvalue weighted by atomic mass is 32.2. The van der Waals surface area contributed by atoms with E-state index in [1.807, 2.05) is 24.8 Å². The number of nitrogens with two attached hydrogens (primary N) is 2. The average Bonchev–Trinajstić information content (AvgIpc) is 3.17. The van der Waals surface area contributed by atoms with Crippen molar-refractivity contribution in [1.29, 1.82) is 5.26 Å². The van der Waals surface area contributed by atoms with Gasteiger partial charge in [0.2, 0.25) is 5.95 Å². The fourth-order valence-corrected chi connectivity index (χ4v) is 2.88. The Morgan fingerprint density at radius 3 is 2.74 bits per heavy atom. The van der Waals surface area contributed by atoms with E-state index in [0.717, 1.165) is 42.3 Å². The summed E-state index contributed by atoms with van der Waals surface area (Å²) in [5, 5.41) is 16.3.